The quantitative estimate of drug-likeness (QED) is 0.790. The molecule has 0 aliphatic carbocycles. The smallest absolute Gasteiger partial charge is 0.0489 e. The molecule has 0 spiro atoms. The highest BCUT2D eigenvalue weighted by molar-refractivity contribution is 4.80. The number of nitrogens with zero attached hydrogens (tertiary/aromatic N) is 5. The van der Waals surface area contributed by atoms with Crippen molar-refractivity contribution in [2.75, 3.05) is 59.4 Å². The summed E-state index contributed by atoms with van der Waals surface area (Å²) in [6, 6.07) is 2.01. The molecule has 5 nitrogen and oxygen atoms in total. The van der Waals surface area contributed by atoms with Gasteiger partial charge in [0, 0.05) is 58.2 Å². The van der Waals surface area contributed by atoms with Gasteiger partial charge in [0.05, 0.1) is 0 Å². The molecule has 3 heterocycles. The van der Waals surface area contributed by atoms with E-state index in [1.807, 2.05) is 16.9 Å². The SMILES string of the molecule is CN1CCN(CC2CCCN(CCCn3cccn3)C2)CC1. The standard InChI is InChI=1S/C17H31N5/c1-19-11-13-21(14-12-19)16-17-5-2-7-20(15-17)8-4-10-22-9-3-6-18-22/h3,6,9,17H,2,4-5,7-8,10-16H2,1H3. The lowest BCUT2D eigenvalue weighted by Gasteiger charge is -2.38. The van der Waals surface area contributed by atoms with Gasteiger partial charge in [-0.05, 0) is 51.4 Å². The number of hydrogen-bond acceptors (Lipinski definition) is 4. The summed E-state index contributed by atoms with van der Waals surface area (Å²) in [5, 5.41) is 4.28. The molecule has 2 saturated heterocycles. The summed E-state index contributed by atoms with van der Waals surface area (Å²) in [5.74, 6) is 0.877. The Bertz CT molecular complexity index is 411. The highest BCUT2D eigenvalue weighted by Gasteiger charge is 2.23. The van der Waals surface area contributed by atoms with Crippen molar-refractivity contribution in [3.63, 3.8) is 0 Å². The molecule has 2 fully saturated rings. The van der Waals surface area contributed by atoms with Crippen molar-refractivity contribution >= 4 is 0 Å². The van der Waals surface area contributed by atoms with E-state index in [2.05, 4.69) is 33.0 Å². The Labute approximate surface area is 134 Å². The normalized spacial score (nSPS) is 25.6. The van der Waals surface area contributed by atoms with Crippen LogP contribution in [-0.4, -0.2) is 83.9 Å². The summed E-state index contributed by atoms with van der Waals surface area (Å²) in [5.41, 5.74) is 0. The zero-order valence-electron chi connectivity index (χ0n) is 14.0. The minimum Gasteiger partial charge on any atom is -0.304 e. The van der Waals surface area contributed by atoms with E-state index < -0.39 is 0 Å². The van der Waals surface area contributed by atoms with Gasteiger partial charge in [-0.3, -0.25) is 4.68 Å². The summed E-state index contributed by atoms with van der Waals surface area (Å²) in [4.78, 5) is 7.80. The van der Waals surface area contributed by atoms with Crippen molar-refractivity contribution in [3.05, 3.63) is 18.5 Å². The fourth-order valence-electron chi connectivity index (χ4n) is 3.79. The van der Waals surface area contributed by atoms with Crippen molar-refractivity contribution in [3.8, 4) is 0 Å². The van der Waals surface area contributed by atoms with Gasteiger partial charge in [0.1, 0.15) is 0 Å². The van der Waals surface area contributed by atoms with Crippen LogP contribution in [0.5, 0.6) is 0 Å². The molecular formula is C17H31N5. The zero-order chi connectivity index (χ0) is 15.2. The molecule has 5 heteroatoms. The number of aromatic nitrogens is 2. The molecule has 2 aliphatic heterocycles. The second kappa shape index (κ2) is 8.09. The average Bonchev–Trinajstić information content (AvgIpc) is 3.03. The van der Waals surface area contributed by atoms with Gasteiger partial charge in [0.15, 0.2) is 0 Å². The van der Waals surface area contributed by atoms with Gasteiger partial charge < -0.3 is 14.7 Å². The molecule has 124 valence electrons. The lowest BCUT2D eigenvalue weighted by atomic mass is 9.97. The van der Waals surface area contributed by atoms with Crippen LogP contribution >= 0.6 is 0 Å². The summed E-state index contributed by atoms with van der Waals surface area (Å²) >= 11 is 0. The highest BCUT2D eigenvalue weighted by Crippen LogP contribution is 2.18. The topological polar surface area (TPSA) is 27.5 Å². The minimum absolute atomic E-state index is 0.877. The maximum Gasteiger partial charge on any atom is 0.0489 e. The molecule has 1 aromatic heterocycles. The number of likely N-dealkylation sites (N-methyl/N-ethyl adjacent to an activating group) is 1. The van der Waals surface area contributed by atoms with Gasteiger partial charge in [0.25, 0.3) is 0 Å². The molecule has 1 atom stereocenters. The maximum absolute atomic E-state index is 4.28. The Hall–Kier alpha value is -0.910. The minimum atomic E-state index is 0.877. The van der Waals surface area contributed by atoms with E-state index in [1.54, 1.807) is 0 Å². The summed E-state index contributed by atoms with van der Waals surface area (Å²) in [6.45, 7) is 11.2. The van der Waals surface area contributed by atoms with Crippen molar-refractivity contribution in [2.24, 2.45) is 5.92 Å². The number of piperidine rings is 1. The Morgan fingerprint density at radius 1 is 1.05 bits per heavy atom. The lowest BCUT2D eigenvalue weighted by Crippen LogP contribution is -2.48. The Morgan fingerprint density at radius 2 is 1.91 bits per heavy atom. The van der Waals surface area contributed by atoms with Crippen molar-refractivity contribution in [1.29, 1.82) is 0 Å². The van der Waals surface area contributed by atoms with Gasteiger partial charge in [-0.25, -0.2) is 0 Å². The van der Waals surface area contributed by atoms with E-state index in [0.717, 1.165) is 12.5 Å². The summed E-state index contributed by atoms with van der Waals surface area (Å²) in [7, 11) is 2.24. The molecule has 0 saturated carbocycles. The predicted octanol–water partition coefficient (Wildman–Crippen LogP) is 1.23. The fraction of sp³-hybridized carbons (Fsp3) is 0.824. The molecule has 2 aliphatic rings. The fourth-order valence-corrected chi connectivity index (χ4v) is 3.79. The summed E-state index contributed by atoms with van der Waals surface area (Å²) < 4.78 is 2.05. The van der Waals surface area contributed by atoms with Crippen LogP contribution in [0.15, 0.2) is 18.5 Å². The molecule has 0 N–H and O–H groups in total. The van der Waals surface area contributed by atoms with Gasteiger partial charge in [0.2, 0.25) is 0 Å². The van der Waals surface area contributed by atoms with E-state index in [9.17, 15) is 0 Å². The largest absolute Gasteiger partial charge is 0.304 e. The van der Waals surface area contributed by atoms with E-state index in [4.69, 9.17) is 0 Å². The van der Waals surface area contributed by atoms with Crippen LogP contribution in [-0.2, 0) is 6.54 Å². The first-order valence-electron chi connectivity index (χ1n) is 8.90. The highest BCUT2D eigenvalue weighted by atomic mass is 15.3. The van der Waals surface area contributed by atoms with Crippen molar-refractivity contribution < 1.29 is 0 Å². The maximum atomic E-state index is 4.28. The zero-order valence-corrected chi connectivity index (χ0v) is 14.0. The van der Waals surface area contributed by atoms with Gasteiger partial charge >= 0.3 is 0 Å². The molecule has 0 amide bonds. The molecular weight excluding hydrogens is 274 g/mol. The molecule has 1 aromatic rings. The number of hydrogen-bond donors (Lipinski definition) is 0. The Kier molecular flexibility index (Phi) is 5.87. The summed E-state index contributed by atoms with van der Waals surface area (Å²) in [6.07, 6.45) is 7.93. The van der Waals surface area contributed by atoms with Crippen molar-refractivity contribution in [2.45, 2.75) is 25.8 Å². The second-order valence-electron chi connectivity index (χ2n) is 7.04. The van der Waals surface area contributed by atoms with Gasteiger partial charge in [-0.1, -0.05) is 0 Å². The molecule has 1 unspecified atom stereocenters. The van der Waals surface area contributed by atoms with E-state index in [-0.39, 0.29) is 0 Å². The third kappa shape index (κ3) is 4.80. The number of likely N-dealkylation sites (tertiary alicyclic amines) is 1. The first-order chi connectivity index (χ1) is 10.8. The Morgan fingerprint density at radius 3 is 2.68 bits per heavy atom. The van der Waals surface area contributed by atoms with Gasteiger partial charge in [-0.15, -0.1) is 0 Å². The molecule has 3 rings (SSSR count). The monoisotopic (exact) mass is 305 g/mol. The first kappa shape index (κ1) is 16.0. The predicted molar refractivity (Wildman–Crippen MR) is 89.9 cm³/mol. The second-order valence-corrected chi connectivity index (χ2v) is 7.04. The molecule has 0 aromatic carbocycles. The van der Waals surface area contributed by atoms with Crippen LogP contribution in [0, 0.1) is 5.92 Å². The van der Waals surface area contributed by atoms with E-state index in [0.29, 0.717) is 0 Å². The van der Waals surface area contributed by atoms with Crippen LogP contribution < -0.4 is 0 Å². The number of rotatable bonds is 6. The molecule has 22 heavy (non-hydrogen) atoms. The van der Waals surface area contributed by atoms with Crippen molar-refractivity contribution in [1.82, 2.24) is 24.5 Å². The van der Waals surface area contributed by atoms with Crippen LogP contribution in [0.4, 0.5) is 0 Å². The molecule has 0 bridgehead atoms. The third-order valence-electron chi connectivity index (χ3n) is 5.14. The average molecular weight is 305 g/mol. The van der Waals surface area contributed by atoms with Crippen LogP contribution in [0.2, 0.25) is 0 Å². The van der Waals surface area contributed by atoms with Crippen LogP contribution in [0.3, 0.4) is 0 Å². The third-order valence-corrected chi connectivity index (χ3v) is 5.14. The lowest BCUT2D eigenvalue weighted by molar-refractivity contribution is 0.0982. The Balaban J connectivity index is 1.35. The van der Waals surface area contributed by atoms with E-state index in [1.165, 1.54) is 71.6 Å². The first-order valence-corrected chi connectivity index (χ1v) is 8.90. The van der Waals surface area contributed by atoms with Crippen LogP contribution in [0.1, 0.15) is 19.3 Å². The van der Waals surface area contributed by atoms with E-state index >= 15 is 0 Å². The van der Waals surface area contributed by atoms with Crippen LogP contribution in [0.25, 0.3) is 0 Å². The molecule has 0 radical (unpaired) electrons. The number of aryl methyl sites for hydroxylation is 1. The van der Waals surface area contributed by atoms with Gasteiger partial charge in [-0.2, -0.15) is 5.10 Å². The number of piperazine rings is 1.